The minimum absolute atomic E-state index is 0.0643. The molecule has 144 valence electrons. The molecule has 0 fully saturated rings. The van der Waals surface area contributed by atoms with E-state index >= 15 is 0 Å². The van der Waals surface area contributed by atoms with Gasteiger partial charge in [-0.2, -0.15) is 0 Å². The Labute approximate surface area is 171 Å². The molecule has 1 heterocycles. The molecule has 1 atom stereocenters. The van der Waals surface area contributed by atoms with Gasteiger partial charge in [0.25, 0.3) is 0 Å². The number of anilines is 1. The summed E-state index contributed by atoms with van der Waals surface area (Å²) in [7, 11) is -1.07. The molecule has 1 N–H and O–H groups in total. The van der Waals surface area contributed by atoms with Gasteiger partial charge in [-0.1, -0.05) is 23.2 Å². The van der Waals surface area contributed by atoms with Crippen LogP contribution < -0.4 is 10.1 Å². The minimum Gasteiger partial charge on any atom is -0.494 e. The number of aryl methyl sites for hydroxylation is 1. The third kappa shape index (κ3) is 5.71. The quantitative estimate of drug-likeness (QED) is 0.588. The molecule has 2 aromatic carbocycles. The lowest BCUT2D eigenvalue weighted by Crippen LogP contribution is -2.18. The highest BCUT2D eigenvalue weighted by Gasteiger charge is 2.15. The molecule has 3 rings (SSSR count). The van der Waals surface area contributed by atoms with Crippen LogP contribution >= 0.6 is 23.2 Å². The lowest BCUT2D eigenvalue weighted by atomic mass is 10.0. The van der Waals surface area contributed by atoms with Crippen molar-refractivity contribution in [1.82, 2.24) is 0 Å². The number of hydrogen-bond donors (Lipinski definition) is 1. The van der Waals surface area contributed by atoms with Gasteiger partial charge in [-0.15, -0.1) is 0 Å². The summed E-state index contributed by atoms with van der Waals surface area (Å²) in [4.78, 5) is 12.1. The van der Waals surface area contributed by atoms with Crippen molar-refractivity contribution < 1.29 is 13.7 Å². The molecule has 27 heavy (non-hydrogen) atoms. The number of fused-ring (bicyclic) bond motifs is 1. The SMILES string of the molecule is O=C1CCc2cc(OCCCCCS(=O)c3ccc(Cl)c(Cl)c3)ccc2N1. The molecule has 2 aromatic rings. The monoisotopic (exact) mass is 425 g/mol. The highest BCUT2D eigenvalue weighted by atomic mass is 35.5. The topological polar surface area (TPSA) is 55.4 Å². The minimum atomic E-state index is -1.07. The highest BCUT2D eigenvalue weighted by molar-refractivity contribution is 7.85. The fourth-order valence-electron chi connectivity index (χ4n) is 2.89. The van der Waals surface area contributed by atoms with E-state index < -0.39 is 10.8 Å². The summed E-state index contributed by atoms with van der Waals surface area (Å²) in [6.45, 7) is 0.616. The molecule has 0 radical (unpaired) electrons. The van der Waals surface area contributed by atoms with Crippen molar-refractivity contribution in [1.29, 1.82) is 0 Å². The average Bonchev–Trinajstić information content (AvgIpc) is 2.66. The molecule has 0 aromatic heterocycles. The molecule has 0 saturated heterocycles. The maximum absolute atomic E-state index is 12.3. The standard InChI is InChI=1S/C20H21Cl2NO3S/c21-17-7-6-16(13-18(17)22)27(25)11-3-1-2-10-26-15-5-8-19-14(12-15)4-9-20(24)23-19/h5-8,12-13H,1-4,9-11H2,(H,23,24). The van der Waals surface area contributed by atoms with Gasteiger partial charge in [-0.05, 0) is 67.6 Å². The number of carbonyl (C=O) groups is 1. The van der Waals surface area contributed by atoms with Crippen molar-refractivity contribution in [3.63, 3.8) is 0 Å². The van der Waals surface area contributed by atoms with Gasteiger partial charge in [0.2, 0.25) is 5.91 Å². The zero-order valence-corrected chi connectivity index (χ0v) is 17.1. The fourth-order valence-corrected chi connectivity index (χ4v) is 4.42. The van der Waals surface area contributed by atoms with Crippen LogP contribution in [-0.4, -0.2) is 22.5 Å². The number of benzene rings is 2. The summed E-state index contributed by atoms with van der Waals surface area (Å²) in [5.74, 6) is 1.48. The highest BCUT2D eigenvalue weighted by Crippen LogP contribution is 2.27. The van der Waals surface area contributed by atoms with Gasteiger partial charge in [0.15, 0.2) is 0 Å². The summed E-state index contributed by atoms with van der Waals surface area (Å²) in [6.07, 6.45) is 3.96. The third-order valence-electron chi connectivity index (χ3n) is 4.37. The largest absolute Gasteiger partial charge is 0.494 e. The van der Waals surface area contributed by atoms with E-state index in [1.54, 1.807) is 18.2 Å². The number of hydrogen-bond acceptors (Lipinski definition) is 3. The Morgan fingerprint density at radius 1 is 1.00 bits per heavy atom. The number of unbranched alkanes of at least 4 members (excludes halogenated alkanes) is 2. The van der Waals surface area contributed by atoms with Gasteiger partial charge < -0.3 is 10.1 Å². The van der Waals surface area contributed by atoms with Crippen molar-refractivity contribution in [2.45, 2.75) is 37.0 Å². The van der Waals surface area contributed by atoms with Crippen LogP contribution in [0.2, 0.25) is 10.0 Å². The van der Waals surface area contributed by atoms with Crippen LogP contribution in [0.4, 0.5) is 5.69 Å². The Kier molecular flexibility index (Phi) is 7.16. The van der Waals surface area contributed by atoms with Crippen molar-refractivity contribution >= 4 is 45.6 Å². The fraction of sp³-hybridized carbons (Fsp3) is 0.350. The Morgan fingerprint density at radius 2 is 1.85 bits per heavy atom. The van der Waals surface area contributed by atoms with Crippen LogP contribution in [-0.2, 0) is 22.0 Å². The smallest absolute Gasteiger partial charge is 0.224 e. The first kappa shape index (κ1) is 20.2. The number of nitrogens with one attached hydrogen (secondary N) is 1. The van der Waals surface area contributed by atoms with Crippen molar-refractivity contribution in [3.05, 3.63) is 52.0 Å². The first-order valence-corrected chi connectivity index (χ1v) is 11.0. The van der Waals surface area contributed by atoms with Crippen LogP contribution in [0.5, 0.6) is 5.75 Å². The molecule has 0 bridgehead atoms. The van der Waals surface area contributed by atoms with E-state index in [4.69, 9.17) is 27.9 Å². The second kappa shape index (κ2) is 9.58. The summed E-state index contributed by atoms with van der Waals surface area (Å²) < 4.78 is 18.1. The average molecular weight is 426 g/mol. The molecule has 0 saturated carbocycles. The lowest BCUT2D eigenvalue weighted by Gasteiger charge is -2.17. The summed E-state index contributed by atoms with van der Waals surface area (Å²) in [5.41, 5.74) is 1.99. The number of carbonyl (C=O) groups excluding carboxylic acids is 1. The number of amides is 1. The first-order valence-electron chi connectivity index (χ1n) is 8.92. The Bertz CT molecular complexity index is 857. The molecule has 1 amide bonds. The number of halogens is 2. The van der Waals surface area contributed by atoms with Crippen LogP contribution in [0, 0.1) is 0 Å². The Morgan fingerprint density at radius 3 is 2.67 bits per heavy atom. The molecule has 1 unspecified atom stereocenters. The van der Waals surface area contributed by atoms with E-state index in [-0.39, 0.29) is 5.91 Å². The zero-order chi connectivity index (χ0) is 19.2. The van der Waals surface area contributed by atoms with E-state index in [2.05, 4.69) is 5.32 Å². The summed E-state index contributed by atoms with van der Waals surface area (Å²) >= 11 is 11.8. The first-order chi connectivity index (χ1) is 13.0. The number of ether oxygens (including phenoxy) is 1. The molecule has 7 heteroatoms. The van der Waals surface area contributed by atoms with E-state index in [1.807, 2.05) is 18.2 Å². The van der Waals surface area contributed by atoms with Gasteiger partial charge >= 0.3 is 0 Å². The van der Waals surface area contributed by atoms with Gasteiger partial charge in [0.1, 0.15) is 5.75 Å². The van der Waals surface area contributed by atoms with Gasteiger partial charge in [0, 0.05) is 22.8 Å². The van der Waals surface area contributed by atoms with Crippen LogP contribution in [0.1, 0.15) is 31.2 Å². The molecule has 4 nitrogen and oxygen atoms in total. The van der Waals surface area contributed by atoms with Crippen molar-refractivity contribution in [3.8, 4) is 5.75 Å². The third-order valence-corrected chi connectivity index (χ3v) is 6.55. The molecule has 0 spiro atoms. The van der Waals surface area contributed by atoms with Gasteiger partial charge in [-0.3, -0.25) is 9.00 Å². The number of rotatable bonds is 8. The molecular formula is C20H21Cl2NO3S. The Hall–Kier alpha value is -1.56. The van der Waals surface area contributed by atoms with E-state index in [1.165, 1.54) is 0 Å². The zero-order valence-electron chi connectivity index (χ0n) is 14.8. The normalized spacial score (nSPS) is 14.4. The predicted molar refractivity (Wildman–Crippen MR) is 110 cm³/mol. The summed E-state index contributed by atoms with van der Waals surface area (Å²) in [5, 5.41) is 3.77. The summed E-state index contributed by atoms with van der Waals surface area (Å²) in [6, 6.07) is 10.9. The van der Waals surface area contributed by atoms with Crippen LogP contribution in [0.15, 0.2) is 41.3 Å². The molecule has 1 aliphatic rings. The second-order valence-corrected chi connectivity index (χ2v) is 8.79. The molecule has 1 aliphatic heterocycles. The van der Waals surface area contributed by atoms with Crippen molar-refractivity contribution in [2.75, 3.05) is 17.7 Å². The maximum atomic E-state index is 12.3. The van der Waals surface area contributed by atoms with E-state index in [0.717, 1.165) is 42.7 Å². The van der Waals surface area contributed by atoms with E-state index in [0.29, 0.717) is 33.7 Å². The molecule has 0 aliphatic carbocycles. The van der Waals surface area contributed by atoms with Crippen molar-refractivity contribution in [2.24, 2.45) is 0 Å². The second-order valence-electron chi connectivity index (χ2n) is 6.40. The predicted octanol–water partition coefficient (Wildman–Crippen LogP) is 5.24. The van der Waals surface area contributed by atoms with Gasteiger partial charge in [-0.25, -0.2) is 0 Å². The molecular weight excluding hydrogens is 405 g/mol. The maximum Gasteiger partial charge on any atom is 0.224 e. The van der Waals surface area contributed by atoms with Crippen LogP contribution in [0.3, 0.4) is 0 Å². The van der Waals surface area contributed by atoms with E-state index in [9.17, 15) is 9.00 Å². The Balaban J connectivity index is 1.36. The van der Waals surface area contributed by atoms with Gasteiger partial charge in [0.05, 0.1) is 27.5 Å². The van der Waals surface area contributed by atoms with Crippen LogP contribution in [0.25, 0.3) is 0 Å². The lowest BCUT2D eigenvalue weighted by molar-refractivity contribution is -0.116.